The van der Waals surface area contributed by atoms with Crippen molar-refractivity contribution in [3.8, 4) is 0 Å². The van der Waals surface area contributed by atoms with Crippen LogP contribution >= 0.6 is 0 Å². The molecule has 0 radical (unpaired) electrons. The molecule has 0 spiro atoms. The number of nitrogens with one attached hydrogen (secondary N) is 1. The quantitative estimate of drug-likeness (QED) is 0.666. The third-order valence-electron chi connectivity index (χ3n) is 3.30. The molecule has 0 aliphatic rings. The Labute approximate surface area is 134 Å². The molecule has 0 aliphatic carbocycles. The summed E-state index contributed by atoms with van der Waals surface area (Å²) >= 11 is 0. The van der Waals surface area contributed by atoms with Crippen molar-refractivity contribution in [3.05, 3.63) is 74.2 Å². The van der Waals surface area contributed by atoms with Gasteiger partial charge in [0, 0.05) is 23.8 Å². The summed E-state index contributed by atoms with van der Waals surface area (Å²) in [5, 5.41) is 13.1. The smallest absolute Gasteiger partial charge is 0.285 e. The van der Waals surface area contributed by atoms with E-state index in [2.05, 4.69) is 5.32 Å². The van der Waals surface area contributed by atoms with E-state index in [-0.39, 0.29) is 11.3 Å². The molecule has 0 fully saturated rings. The highest BCUT2D eigenvalue weighted by molar-refractivity contribution is 5.76. The summed E-state index contributed by atoms with van der Waals surface area (Å²) < 4.78 is 27.4. The Morgan fingerprint density at radius 2 is 2.04 bits per heavy atom. The standard InChI is InChI=1S/C15H13F2N3O4/c1-9(12-4-2-10(16)6-13(12)17)18-14(21)8-19-7-11(20(23)24)3-5-15(19)22/h2-7,9H,8H2,1H3,(H,18,21)/t9-/m1/s1. The van der Waals surface area contributed by atoms with Gasteiger partial charge in [-0.25, -0.2) is 8.78 Å². The minimum Gasteiger partial charge on any atom is -0.348 e. The molecule has 0 aliphatic heterocycles. The minimum absolute atomic E-state index is 0.0798. The number of pyridine rings is 1. The second kappa shape index (κ2) is 6.99. The molecule has 1 atom stereocenters. The normalized spacial score (nSPS) is 11.8. The summed E-state index contributed by atoms with van der Waals surface area (Å²) in [6.07, 6.45) is 0.949. The molecule has 2 aromatic rings. The highest BCUT2D eigenvalue weighted by Crippen LogP contribution is 2.17. The van der Waals surface area contributed by atoms with Gasteiger partial charge in [-0.15, -0.1) is 0 Å². The first-order chi connectivity index (χ1) is 11.3. The van der Waals surface area contributed by atoms with Crippen molar-refractivity contribution >= 4 is 11.6 Å². The lowest BCUT2D eigenvalue weighted by Gasteiger charge is -2.15. The van der Waals surface area contributed by atoms with Crippen molar-refractivity contribution in [2.45, 2.75) is 19.5 Å². The fourth-order valence-corrected chi connectivity index (χ4v) is 2.12. The van der Waals surface area contributed by atoms with Crippen LogP contribution < -0.4 is 10.9 Å². The van der Waals surface area contributed by atoms with Crippen LogP contribution in [0.3, 0.4) is 0 Å². The Kier molecular flexibility index (Phi) is 5.02. The van der Waals surface area contributed by atoms with Crippen LogP contribution in [0.4, 0.5) is 14.5 Å². The molecule has 1 heterocycles. The summed E-state index contributed by atoms with van der Waals surface area (Å²) in [5.41, 5.74) is -0.840. The van der Waals surface area contributed by atoms with Crippen LogP contribution in [0.1, 0.15) is 18.5 Å². The van der Waals surface area contributed by atoms with E-state index in [9.17, 15) is 28.5 Å². The highest BCUT2D eigenvalue weighted by Gasteiger charge is 2.16. The van der Waals surface area contributed by atoms with E-state index in [0.717, 1.165) is 29.0 Å². The molecule has 1 aromatic heterocycles. The molecule has 7 nitrogen and oxygen atoms in total. The number of amides is 1. The molecule has 1 N–H and O–H groups in total. The van der Waals surface area contributed by atoms with Crippen molar-refractivity contribution in [1.82, 2.24) is 9.88 Å². The zero-order valence-corrected chi connectivity index (χ0v) is 12.5. The predicted molar refractivity (Wildman–Crippen MR) is 80.3 cm³/mol. The van der Waals surface area contributed by atoms with E-state index >= 15 is 0 Å². The monoisotopic (exact) mass is 337 g/mol. The van der Waals surface area contributed by atoms with Gasteiger partial charge in [-0.2, -0.15) is 0 Å². The first-order valence-electron chi connectivity index (χ1n) is 6.87. The second-order valence-electron chi connectivity index (χ2n) is 5.07. The molecule has 24 heavy (non-hydrogen) atoms. The molecule has 2 rings (SSSR count). The van der Waals surface area contributed by atoms with E-state index < -0.39 is 40.6 Å². The van der Waals surface area contributed by atoms with Gasteiger partial charge in [-0.1, -0.05) is 6.07 Å². The molecular formula is C15H13F2N3O4. The first-order valence-corrected chi connectivity index (χ1v) is 6.87. The van der Waals surface area contributed by atoms with E-state index in [0.29, 0.717) is 6.07 Å². The van der Waals surface area contributed by atoms with Gasteiger partial charge in [0.1, 0.15) is 18.2 Å². The van der Waals surface area contributed by atoms with Gasteiger partial charge in [-0.3, -0.25) is 24.3 Å². The number of nitro groups is 1. The van der Waals surface area contributed by atoms with Crippen molar-refractivity contribution in [2.24, 2.45) is 0 Å². The third kappa shape index (κ3) is 4.00. The van der Waals surface area contributed by atoms with Crippen LogP contribution in [0.15, 0.2) is 41.3 Å². The van der Waals surface area contributed by atoms with Crippen LogP contribution in [0.25, 0.3) is 0 Å². The average Bonchev–Trinajstić information content (AvgIpc) is 2.48. The Balaban J connectivity index is 2.12. The van der Waals surface area contributed by atoms with Crippen LogP contribution in [0.5, 0.6) is 0 Å². The van der Waals surface area contributed by atoms with Crippen molar-refractivity contribution in [1.29, 1.82) is 0 Å². The third-order valence-corrected chi connectivity index (χ3v) is 3.30. The summed E-state index contributed by atoms with van der Waals surface area (Å²) in [6.45, 7) is 1.03. The number of hydrogen-bond donors (Lipinski definition) is 1. The number of rotatable bonds is 5. The summed E-state index contributed by atoms with van der Waals surface area (Å²) in [5.74, 6) is -2.19. The maximum Gasteiger partial charge on any atom is 0.285 e. The van der Waals surface area contributed by atoms with Crippen molar-refractivity contribution in [2.75, 3.05) is 0 Å². The zero-order chi connectivity index (χ0) is 17.9. The molecule has 0 saturated heterocycles. The van der Waals surface area contributed by atoms with E-state index in [1.165, 1.54) is 13.0 Å². The van der Waals surface area contributed by atoms with Gasteiger partial charge in [0.25, 0.3) is 11.2 Å². The second-order valence-corrected chi connectivity index (χ2v) is 5.07. The predicted octanol–water partition coefficient (Wildman–Crippen LogP) is 1.91. The van der Waals surface area contributed by atoms with E-state index in [1.807, 2.05) is 0 Å². The molecule has 0 bridgehead atoms. The van der Waals surface area contributed by atoms with Crippen LogP contribution in [-0.4, -0.2) is 15.4 Å². The van der Waals surface area contributed by atoms with Gasteiger partial charge >= 0.3 is 0 Å². The number of halogens is 2. The lowest BCUT2D eigenvalue weighted by molar-refractivity contribution is -0.385. The maximum atomic E-state index is 13.7. The SMILES string of the molecule is C[C@@H](NC(=O)Cn1cc([N+](=O)[O-])ccc1=O)c1ccc(F)cc1F. The van der Waals surface area contributed by atoms with Crippen molar-refractivity contribution in [3.63, 3.8) is 0 Å². The lowest BCUT2D eigenvalue weighted by Crippen LogP contribution is -2.33. The Morgan fingerprint density at radius 1 is 1.33 bits per heavy atom. The largest absolute Gasteiger partial charge is 0.348 e. The average molecular weight is 337 g/mol. The number of hydrogen-bond acceptors (Lipinski definition) is 4. The molecule has 1 aromatic carbocycles. The fourth-order valence-electron chi connectivity index (χ4n) is 2.12. The van der Waals surface area contributed by atoms with Gasteiger partial charge in [0.05, 0.1) is 17.2 Å². The molecule has 0 unspecified atom stereocenters. The Hall–Kier alpha value is -3.10. The lowest BCUT2D eigenvalue weighted by atomic mass is 10.1. The molecule has 0 saturated carbocycles. The van der Waals surface area contributed by atoms with Gasteiger partial charge in [0.15, 0.2) is 0 Å². The summed E-state index contributed by atoms with van der Waals surface area (Å²) in [6, 6.07) is 4.21. The molecule has 9 heteroatoms. The van der Waals surface area contributed by atoms with Crippen molar-refractivity contribution < 1.29 is 18.5 Å². The topological polar surface area (TPSA) is 94.2 Å². The fraction of sp³-hybridized carbons (Fsp3) is 0.200. The molecule has 1 amide bonds. The van der Waals surface area contributed by atoms with E-state index in [4.69, 9.17) is 0 Å². The Morgan fingerprint density at radius 3 is 2.67 bits per heavy atom. The first kappa shape index (κ1) is 17.3. The number of carbonyl (C=O) groups excluding carboxylic acids is 1. The van der Waals surface area contributed by atoms with E-state index in [1.54, 1.807) is 0 Å². The summed E-state index contributed by atoms with van der Waals surface area (Å²) in [7, 11) is 0. The van der Waals surface area contributed by atoms with Gasteiger partial charge in [-0.05, 0) is 13.0 Å². The molecule has 126 valence electrons. The minimum atomic E-state index is -0.810. The zero-order valence-electron chi connectivity index (χ0n) is 12.5. The van der Waals surface area contributed by atoms with Gasteiger partial charge < -0.3 is 5.32 Å². The number of nitrogens with zero attached hydrogens (tertiary/aromatic N) is 2. The summed E-state index contributed by atoms with van der Waals surface area (Å²) in [4.78, 5) is 33.6. The highest BCUT2D eigenvalue weighted by atomic mass is 19.1. The molecular weight excluding hydrogens is 324 g/mol. The number of benzene rings is 1. The number of carbonyl (C=O) groups is 1. The number of aromatic nitrogens is 1. The Bertz CT molecular complexity index is 851. The van der Waals surface area contributed by atoms with Crippen LogP contribution in [0.2, 0.25) is 0 Å². The maximum absolute atomic E-state index is 13.7. The van der Waals surface area contributed by atoms with Gasteiger partial charge in [0.2, 0.25) is 5.91 Å². The van der Waals surface area contributed by atoms with Crippen LogP contribution in [-0.2, 0) is 11.3 Å². The van der Waals surface area contributed by atoms with Crippen LogP contribution in [0, 0.1) is 21.7 Å².